The second kappa shape index (κ2) is 12.6. The minimum atomic E-state index is -1.40. The van der Waals surface area contributed by atoms with Crippen molar-refractivity contribution in [1.29, 1.82) is 0 Å². The second-order valence-electron chi connectivity index (χ2n) is 6.80. The molecule has 156 valence electrons. The van der Waals surface area contributed by atoms with Gasteiger partial charge in [-0.25, -0.2) is 4.79 Å². The molecule has 1 aliphatic heterocycles. The van der Waals surface area contributed by atoms with Crippen molar-refractivity contribution in [2.75, 3.05) is 6.54 Å². The van der Waals surface area contributed by atoms with Crippen LogP contribution in [0.4, 0.5) is 0 Å². The highest BCUT2D eigenvalue weighted by atomic mass is 16.4. The molecule has 0 aromatic rings. The van der Waals surface area contributed by atoms with Gasteiger partial charge in [0.05, 0.1) is 6.42 Å². The van der Waals surface area contributed by atoms with Crippen LogP contribution >= 0.6 is 0 Å². The average Bonchev–Trinajstić information content (AvgIpc) is 2.94. The third-order valence-corrected chi connectivity index (χ3v) is 4.45. The SMILES string of the molecule is O=C(O)CC(NC(=O)CCCCCCCCCCN1C(=O)C=CC1=O)C(=O)O. The average molecular weight is 396 g/mol. The van der Waals surface area contributed by atoms with Crippen molar-refractivity contribution in [3.05, 3.63) is 12.2 Å². The Morgan fingerprint density at radius 2 is 1.36 bits per heavy atom. The molecule has 0 radical (unpaired) electrons. The topological polar surface area (TPSA) is 141 Å². The highest BCUT2D eigenvalue weighted by molar-refractivity contribution is 6.12. The summed E-state index contributed by atoms with van der Waals surface area (Å²) in [6.45, 7) is 0.457. The Bertz CT molecular complexity index is 597. The van der Waals surface area contributed by atoms with Gasteiger partial charge in [-0.15, -0.1) is 0 Å². The fourth-order valence-corrected chi connectivity index (χ4v) is 2.91. The first-order valence-electron chi connectivity index (χ1n) is 9.58. The quantitative estimate of drug-likeness (QED) is 0.281. The van der Waals surface area contributed by atoms with E-state index in [2.05, 4.69) is 5.32 Å². The number of carbonyl (C=O) groups is 5. The lowest BCUT2D eigenvalue weighted by Crippen LogP contribution is -2.42. The summed E-state index contributed by atoms with van der Waals surface area (Å²) >= 11 is 0. The van der Waals surface area contributed by atoms with Gasteiger partial charge in [0.15, 0.2) is 0 Å². The van der Waals surface area contributed by atoms with Gasteiger partial charge in [-0.2, -0.15) is 0 Å². The molecular weight excluding hydrogens is 368 g/mol. The summed E-state index contributed by atoms with van der Waals surface area (Å²) in [4.78, 5) is 57.1. The van der Waals surface area contributed by atoms with Gasteiger partial charge >= 0.3 is 11.9 Å². The number of hydrogen-bond acceptors (Lipinski definition) is 5. The zero-order valence-corrected chi connectivity index (χ0v) is 15.9. The van der Waals surface area contributed by atoms with Crippen LogP contribution in [0.15, 0.2) is 12.2 Å². The summed E-state index contributed by atoms with van der Waals surface area (Å²) < 4.78 is 0. The van der Waals surface area contributed by atoms with Crippen molar-refractivity contribution in [1.82, 2.24) is 10.2 Å². The standard InChI is InChI=1S/C19H28N2O7/c22-15(20-14(19(27)28)13-18(25)26)9-7-5-3-1-2-4-6-8-12-21-16(23)10-11-17(21)24/h10-11,14H,1-9,12-13H2,(H,20,22)(H,25,26)(H,27,28). The summed E-state index contributed by atoms with van der Waals surface area (Å²) in [6, 6.07) is -1.40. The molecule has 1 unspecified atom stereocenters. The highest BCUT2D eigenvalue weighted by Gasteiger charge is 2.23. The zero-order chi connectivity index (χ0) is 20.9. The van der Waals surface area contributed by atoms with E-state index in [9.17, 15) is 24.0 Å². The molecule has 9 heteroatoms. The molecule has 1 atom stereocenters. The number of carbonyl (C=O) groups excluding carboxylic acids is 3. The van der Waals surface area contributed by atoms with Gasteiger partial charge in [0, 0.05) is 25.1 Å². The molecule has 0 spiro atoms. The Morgan fingerprint density at radius 1 is 0.857 bits per heavy atom. The van der Waals surface area contributed by atoms with Crippen LogP contribution in [0.1, 0.15) is 64.2 Å². The summed E-state index contributed by atoms with van der Waals surface area (Å²) in [7, 11) is 0. The molecule has 3 N–H and O–H groups in total. The van der Waals surface area contributed by atoms with E-state index in [0.29, 0.717) is 13.0 Å². The van der Waals surface area contributed by atoms with Crippen LogP contribution < -0.4 is 5.32 Å². The molecule has 1 rings (SSSR count). The van der Waals surface area contributed by atoms with Crippen molar-refractivity contribution in [2.45, 2.75) is 70.3 Å². The maximum absolute atomic E-state index is 11.7. The zero-order valence-electron chi connectivity index (χ0n) is 15.9. The number of nitrogens with one attached hydrogen (secondary N) is 1. The lowest BCUT2D eigenvalue weighted by atomic mass is 10.1. The fourth-order valence-electron chi connectivity index (χ4n) is 2.91. The third kappa shape index (κ3) is 9.29. The van der Waals surface area contributed by atoms with E-state index in [1.54, 1.807) is 0 Å². The molecule has 0 aliphatic carbocycles. The molecule has 9 nitrogen and oxygen atoms in total. The van der Waals surface area contributed by atoms with Crippen LogP contribution in [-0.4, -0.2) is 57.4 Å². The lowest BCUT2D eigenvalue weighted by Gasteiger charge is -2.13. The Balaban J connectivity index is 1.97. The van der Waals surface area contributed by atoms with Gasteiger partial charge in [-0.3, -0.25) is 24.1 Å². The summed E-state index contributed by atoms with van der Waals surface area (Å²) in [5, 5.41) is 19.7. The van der Waals surface area contributed by atoms with E-state index in [4.69, 9.17) is 10.2 Å². The molecular formula is C19H28N2O7. The minimum absolute atomic E-state index is 0.176. The minimum Gasteiger partial charge on any atom is -0.481 e. The van der Waals surface area contributed by atoms with E-state index >= 15 is 0 Å². The molecule has 3 amide bonds. The van der Waals surface area contributed by atoms with Crippen molar-refractivity contribution in [3.8, 4) is 0 Å². The van der Waals surface area contributed by atoms with Crippen LogP contribution in [0.3, 0.4) is 0 Å². The number of amides is 3. The number of unbranched alkanes of at least 4 members (excludes halogenated alkanes) is 7. The van der Waals surface area contributed by atoms with E-state index in [0.717, 1.165) is 44.9 Å². The Morgan fingerprint density at radius 3 is 1.86 bits per heavy atom. The van der Waals surface area contributed by atoms with Crippen molar-refractivity contribution in [2.24, 2.45) is 0 Å². The van der Waals surface area contributed by atoms with Crippen LogP contribution in [0.2, 0.25) is 0 Å². The number of rotatable bonds is 15. The Kier molecular flexibility index (Phi) is 10.5. The van der Waals surface area contributed by atoms with Gasteiger partial charge in [-0.1, -0.05) is 38.5 Å². The predicted molar refractivity (Wildman–Crippen MR) is 99.2 cm³/mol. The van der Waals surface area contributed by atoms with Crippen LogP contribution in [0, 0.1) is 0 Å². The van der Waals surface area contributed by atoms with Crippen molar-refractivity contribution >= 4 is 29.7 Å². The summed E-state index contributed by atoms with van der Waals surface area (Å²) in [5.74, 6) is -3.57. The summed E-state index contributed by atoms with van der Waals surface area (Å²) in [5.41, 5.74) is 0. The molecule has 0 aromatic carbocycles. The first-order chi connectivity index (χ1) is 13.3. The Hall–Kier alpha value is -2.71. The normalized spacial score (nSPS) is 14.4. The first-order valence-corrected chi connectivity index (χ1v) is 9.58. The molecule has 28 heavy (non-hydrogen) atoms. The largest absolute Gasteiger partial charge is 0.481 e. The highest BCUT2D eigenvalue weighted by Crippen LogP contribution is 2.11. The van der Waals surface area contributed by atoms with E-state index < -0.39 is 30.3 Å². The van der Waals surface area contributed by atoms with Crippen LogP contribution in [0.25, 0.3) is 0 Å². The number of carboxylic acid groups (broad SMARTS) is 2. The number of nitrogens with zero attached hydrogens (tertiary/aromatic N) is 1. The molecule has 0 saturated carbocycles. The van der Waals surface area contributed by atoms with E-state index in [1.165, 1.54) is 17.1 Å². The number of carboxylic acids is 2. The molecule has 0 aromatic heterocycles. The fraction of sp³-hybridized carbons (Fsp3) is 0.632. The predicted octanol–water partition coefficient (Wildman–Crippen LogP) is 1.47. The van der Waals surface area contributed by atoms with Crippen LogP contribution in [0.5, 0.6) is 0 Å². The molecule has 1 heterocycles. The van der Waals surface area contributed by atoms with Gasteiger partial charge in [0.2, 0.25) is 5.91 Å². The lowest BCUT2D eigenvalue weighted by molar-refractivity contribution is -0.147. The van der Waals surface area contributed by atoms with Crippen molar-refractivity contribution in [3.63, 3.8) is 0 Å². The van der Waals surface area contributed by atoms with E-state index in [-0.39, 0.29) is 18.2 Å². The van der Waals surface area contributed by atoms with Crippen LogP contribution in [-0.2, 0) is 24.0 Å². The summed E-state index contributed by atoms with van der Waals surface area (Å²) in [6.07, 6.45) is 9.33. The number of imide groups is 1. The third-order valence-electron chi connectivity index (χ3n) is 4.45. The molecule has 1 aliphatic rings. The van der Waals surface area contributed by atoms with Gasteiger partial charge in [-0.05, 0) is 12.8 Å². The van der Waals surface area contributed by atoms with Crippen molar-refractivity contribution < 1.29 is 34.2 Å². The second-order valence-corrected chi connectivity index (χ2v) is 6.80. The molecule has 0 saturated heterocycles. The molecule has 0 fully saturated rings. The number of aliphatic carboxylic acids is 2. The first kappa shape index (κ1) is 23.3. The Labute approximate surface area is 163 Å². The maximum Gasteiger partial charge on any atom is 0.326 e. The van der Waals surface area contributed by atoms with E-state index in [1.807, 2.05) is 0 Å². The number of hydrogen-bond donors (Lipinski definition) is 3. The van der Waals surface area contributed by atoms with Gasteiger partial charge in [0.1, 0.15) is 6.04 Å². The monoisotopic (exact) mass is 396 g/mol. The molecule has 0 bridgehead atoms. The maximum atomic E-state index is 11.7. The smallest absolute Gasteiger partial charge is 0.326 e. The van der Waals surface area contributed by atoms with Gasteiger partial charge < -0.3 is 15.5 Å². The van der Waals surface area contributed by atoms with Gasteiger partial charge in [0.25, 0.3) is 11.8 Å².